The summed E-state index contributed by atoms with van der Waals surface area (Å²) in [5.74, 6) is 6.03. The molecular weight excluding hydrogens is 1250 g/mol. The first-order valence-electron chi connectivity index (χ1n) is 38.6. The molecule has 21 rings (SSSR count). The molecule has 0 radical (unpaired) electrons. The molecule has 9 aliphatic rings. The van der Waals surface area contributed by atoms with Gasteiger partial charge in [-0.3, -0.25) is 0 Å². The minimum atomic E-state index is -0.810. The van der Waals surface area contributed by atoms with Crippen molar-refractivity contribution in [3.8, 4) is 34.1 Å². The number of rotatable bonds is 8. The second-order valence-electron chi connectivity index (χ2n) is 32.1. The van der Waals surface area contributed by atoms with E-state index in [4.69, 9.17) is 9.47 Å². The molecule has 1 spiro atoms. The highest BCUT2D eigenvalue weighted by molar-refractivity contribution is 7.00. The molecule has 0 aromatic heterocycles. The van der Waals surface area contributed by atoms with Crippen LogP contribution in [-0.2, 0) is 10.8 Å². The Morgan fingerprint density at radius 1 is 0.350 bits per heavy atom. The fourth-order valence-corrected chi connectivity index (χ4v) is 21.5. The normalized spacial score (nSPS) is 19.3. The zero-order valence-corrected chi connectivity index (χ0v) is 59.2. The van der Waals surface area contributed by atoms with Gasteiger partial charge in [0.05, 0.1) is 11.1 Å². The Kier molecular flexibility index (Phi) is 14.2. The second kappa shape index (κ2) is 23.8. The quantitative estimate of drug-likeness (QED) is 0.141. The van der Waals surface area contributed by atoms with Gasteiger partial charge >= 0.3 is 0 Å². The lowest BCUT2D eigenvalue weighted by Gasteiger charge is -2.55. The standard InChI is InChI=1S/C95H84B2N4O2/c1-94(2,3)63-53-84-91-85(54-63)101(93-69(61-31-10-4-11-32-61)45-30-46-70(93)62-33-12-5-13-34-62)83-60-89-76(58-80(83)96(91)77-49-26-28-51-81(77)99(84)66-39-18-8-19-40-66)95(73-47-24-22-43-71(73)72-44-23-25-48-74(72)95)75-57-79-82(59-88(75)103-89)100(67-41-20-9-21-42-67)86-55-68(56-90-92(86)97(79)78-50-27-29-52-87(78)102-90)98(64-35-14-6-15-36-64)65-37-16-7-17-38-65/h6-9,14-29,35-44,47-62,69-70,93H,4-5,10-13,30-34,45-46H2,1-3H3. The fraction of sp³-hybridized carbons (Fsp3) is 0.242. The van der Waals surface area contributed by atoms with E-state index in [2.05, 4.69) is 307 Å². The van der Waals surface area contributed by atoms with Gasteiger partial charge in [-0.25, -0.2) is 0 Å². The molecule has 8 heteroatoms. The van der Waals surface area contributed by atoms with E-state index in [0.29, 0.717) is 29.7 Å². The second-order valence-corrected chi connectivity index (χ2v) is 32.1. The molecule has 0 N–H and O–H groups in total. The average Bonchev–Trinajstić information content (AvgIpc) is 1.64. The Morgan fingerprint density at radius 2 is 0.825 bits per heavy atom. The average molecular weight is 1340 g/mol. The Hall–Kier alpha value is -10.4. The molecule has 0 bridgehead atoms. The van der Waals surface area contributed by atoms with Crippen LogP contribution in [0.4, 0.5) is 62.6 Å². The predicted octanol–water partition coefficient (Wildman–Crippen LogP) is 21.0. The van der Waals surface area contributed by atoms with E-state index in [1.165, 1.54) is 173 Å². The van der Waals surface area contributed by atoms with E-state index >= 15 is 0 Å². The molecule has 5 heterocycles. The molecule has 0 saturated heterocycles. The van der Waals surface area contributed by atoms with Crippen molar-refractivity contribution >= 4 is 109 Å². The monoisotopic (exact) mass is 1330 g/mol. The Labute approximate surface area is 607 Å². The maximum Gasteiger partial charge on any atom is 0.256 e. The number of nitrogens with zero attached hydrogens (tertiary/aromatic N) is 4. The van der Waals surface area contributed by atoms with E-state index in [-0.39, 0.29) is 18.8 Å². The smallest absolute Gasteiger partial charge is 0.256 e. The minimum absolute atomic E-state index is 0.0804. The van der Waals surface area contributed by atoms with Gasteiger partial charge in [0.1, 0.15) is 23.0 Å². The Morgan fingerprint density at radius 3 is 1.43 bits per heavy atom. The lowest BCUT2D eigenvalue weighted by atomic mass is 9.33. The minimum Gasteiger partial charge on any atom is -0.458 e. The maximum atomic E-state index is 8.30. The van der Waals surface area contributed by atoms with Crippen LogP contribution in [0.15, 0.2) is 267 Å². The molecular formula is C95H84B2N4O2. The Bertz CT molecular complexity index is 5240. The van der Waals surface area contributed by atoms with Crippen LogP contribution in [0, 0.1) is 23.7 Å². The zero-order valence-electron chi connectivity index (χ0n) is 59.2. The molecule has 12 aromatic rings. The highest BCUT2D eigenvalue weighted by Gasteiger charge is 2.57. The van der Waals surface area contributed by atoms with E-state index in [9.17, 15) is 0 Å². The summed E-state index contributed by atoms with van der Waals surface area (Å²) in [5.41, 5.74) is 28.5. The third kappa shape index (κ3) is 9.27. The van der Waals surface area contributed by atoms with Crippen molar-refractivity contribution in [2.45, 2.75) is 121 Å². The van der Waals surface area contributed by atoms with Crippen LogP contribution in [-0.4, -0.2) is 19.5 Å². The molecule has 12 aromatic carbocycles. The van der Waals surface area contributed by atoms with Crippen LogP contribution < -0.4 is 61.9 Å². The molecule has 5 aliphatic heterocycles. The van der Waals surface area contributed by atoms with Gasteiger partial charge in [-0.1, -0.05) is 261 Å². The van der Waals surface area contributed by atoms with E-state index in [1.807, 2.05) is 0 Å². The van der Waals surface area contributed by atoms with E-state index < -0.39 is 5.41 Å². The molecule has 2 unspecified atom stereocenters. The number of anilines is 11. The van der Waals surface area contributed by atoms with Crippen LogP contribution in [0.5, 0.6) is 23.0 Å². The molecule has 103 heavy (non-hydrogen) atoms. The van der Waals surface area contributed by atoms with Crippen LogP contribution in [0.2, 0.25) is 0 Å². The summed E-state index contributed by atoms with van der Waals surface area (Å²) in [6.07, 6.45) is 17.3. The number of benzene rings is 12. The van der Waals surface area contributed by atoms with Crippen molar-refractivity contribution in [3.05, 3.63) is 295 Å². The number of hydrogen-bond donors (Lipinski definition) is 0. The summed E-state index contributed by atoms with van der Waals surface area (Å²) in [5, 5.41) is 0. The lowest BCUT2D eigenvalue weighted by Crippen LogP contribution is -2.65. The Balaban J connectivity index is 0.864. The first-order valence-corrected chi connectivity index (χ1v) is 38.6. The van der Waals surface area contributed by atoms with Gasteiger partial charge < -0.3 is 29.1 Å². The molecule has 502 valence electrons. The molecule has 3 fully saturated rings. The van der Waals surface area contributed by atoms with Crippen molar-refractivity contribution in [2.75, 3.05) is 19.6 Å². The summed E-state index contributed by atoms with van der Waals surface area (Å²) in [6, 6.07) is 102. The SMILES string of the molecule is CC(C)(C)c1cc2c3c(c1)N(C1C(C4CCCCC4)CCCC1C1CCCCC1)c1cc4c(cc1B3c1ccccc1N2c1ccccc1)C1(c2cc3c(cc2O4)N(c2ccccc2)c2cc(N(c4ccccc4)c4ccccc4)cc4c2B3c2ccccc2O4)c2ccccc2-c2ccccc21. The van der Waals surface area contributed by atoms with Gasteiger partial charge in [-0.2, -0.15) is 0 Å². The van der Waals surface area contributed by atoms with Crippen molar-refractivity contribution in [1.29, 1.82) is 0 Å². The number of fused-ring (bicyclic) bond motifs is 17. The van der Waals surface area contributed by atoms with Crippen LogP contribution in [0.1, 0.15) is 132 Å². The van der Waals surface area contributed by atoms with Crippen molar-refractivity contribution in [1.82, 2.24) is 0 Å². The van der Waals surface area contributed by atoms with Crippen molar-refractivity contribution in [2.24, 2.45) is 23.7 Å². The van der Waals surface area contributed by atoms with Crippen molar-refractivity contribution < 1.29 is 9.47 Å². The van der Waals surface area contributed by atoms with Crippen LogP contribution in [0.3, 0.4) is 0 Å². The van der Waals surface area contributed by atoms with Gasteiger partial charge in [0.15, 0.2) is 0 Å². The highest BCUT2D eigenvalue weighted by atomic mass is 16.5. The third-order valence-electron chi connectivity index (χ3n) is 25.8. The van der Waals surface area contributed by atoms with Gasteiger partial charge in [-0.15, -0.1) is 0 Å². The maximum absolute atomic E-state index is 8.30. The van der Waals surface area contributed by atoms with Gasteiger partial charge in [-0.05, 0) is 181 Å². The fourth-order valence-electron chi connectivity index (χ4n) is 21.5. The lowest BCUT2D eigenvalue weighted by molar-refractivity contribution is 0.0839. The summed E-state index contributed by atoms with van der Waals surface area (Å²) in [4.78, 5) is 10.6. The summed E-state index contributed by atoms with van der Waals surface area (Å²) >= 11 is 0. The number of para-hydroxylation sites is 6. The summed E-state index contributed by atoms with van der Waals surface area (Å²) in [6.45, 7) is 7.05. The van der Waals surface area contributed by atoms with Crippen molar-refractivity contribution in [3.63, 3.8) is 0 Å². The number of ether oxygens (including phenoxy) is 2. The first kappa shape index (κ1) is 61.3. The number of hydrogen-bond acceptors (Lipinski definition) is 6. The van der Waals surface area contributed by atoms with Gasteiger partial charge in [0.25, 0.3) is 13.4 Å². The molecule has 2 atom stereocenters. The van der Waals surface area contributed by atoms with E-state index in [1.54, 1.807) is 0 Å². The van der Waals surface area contributed by atoms with E-state index in [0.717, 1.165) is 68.0 Å². The van der Waals surface area contributed by atoms with Gasteiger partial charge in [0, 0.05) is 92.2 Å². The predicted molar refractivity (Wildman–Crippen MR) is 429 cm³/mol. The topological polar surface area (TPSA) is 31.4 Å². The van der Waals surface area contributed by atoms with Crippen LogP contribution in [0.25, 0.3) is 11.1 Å². The van der Waals surface area contributed by atoms with Crippen LogP contribution >= 0.6 is 0 Å². The van der Waals surface area contributed by atoms with Gasteiger partial charge in [0.2, 0.25) is 0 Å². The summed E-state index contributed by atoms with van der Waals surface area (Å²) in [7, 11) is 0. The third-order valence-corrected chi connectivity index (χ3v) is 25.8. The highest BCUT2D eigenvalue weighted by Crippen LogP contribution is 2.64. The molecule has 6 nitrogen and oxygen atoms in total. The molecule has 4 aliphatic carbocycles. The summed E-state index contributed by atoms with van der Waals surface area (Å²) < 4.78 is 15.7. The zero-order chi connectivity index (χ0) is 68.2. The largest absolute Gasteiger partial charge is 0.458 e. The molecule has 0 amide bonds. The molecule has 3 saturated carbocycles. The first-order chi connectivity index (χ1) is 50.8.